The molecular weight excluding hydrogens is 326 g/mol. The van der Waals surface area contributed by atoms with Gasteiger partial charge in [-0.05, 0) is 42.5 Å². The van der Waals surface area contributed by atoms with E-state index in [1.165, 1.54) is 0 Å². The minimum atomic E-state index is -0.103. The van der Waals surface area contributed by atoms with Crippen molar-refractivity contribution >= 4 is 34.6 Å². The van der Waals surface area contributed by atoms with Crippen molar-refractivity contribution < 1.29 is 9.53 Å². The summed E-state index contributed by atoms with van der Waals surface area (Å²) in [5.74, 6) is -0.103. The number of benzene rings is 2. The van der Waals surface area contributed by atoms with E-state index in [1.54, 1.807) is 12.1 Å². The van der Waals surface area contributed by atoms with E-state index in [0.717, 1.165) is 43.4 Å². The van der Waals surface area contributed by atoms with Gasteiger partial charge in [0.2, 0.25) is 5.91 Å². The van der Waals surface area contributed by atoms with Crippen LogP contribution in [0, 0.1) is 0 Å². The van der Waals surface area contributed by atoms with Gasteiger partial charge in [0.1, 0.15) is 0 Å². The first-order chi connectivity index (χ1) is 11.7. The Morgan fingerprint density at radius 2 is 1.83 bits per heavy atom. The third-order valence-electron chi connectivity index (χ3n) is 3.80. The standard InChI is InChI=1S/C18H20ClN3O2/c19-14-2-1-3-16(12-14)20-13-18(23)21-15-4-6-17(7-5-15)22-8-10-24-11-9-22/h1-7,12,20H,8-11,13H2,(H,21,23). The molecule has 0 saturated carbocycles. The number of rotatable bonds is 5. The lowest BCUT2D eigenvalue weighted by atomic mass is 10.2. The third kappa shape index (κ3) is 4.63. The van der Waals surface area contributed by atoms with Gasteiger partial charge in [0.25, 0.3) is 0 Å². The average molecular weight is 346 g/mol. The maximum Gasteiger partial charge on any atom is 0.243 e. The van der Waals surface area contributed by atoms with Crippen LogP contribution in [0.25, 0.3) is 0 Å². The number of halogens is 1. The molecule has 1 heterocycles. The predicted molar refractivity (Wildman–Crippen MR) is 98.0 cm³/mol. The molecule has 6 heteroatoms. The zero-order valence-corrected chi connectivity index (χ0v) is 14.1. The van der Waals surface area contributed by atoms with Crippen LogP contribution in [-0.2, 0) is 9.53 Å². The minimum absolute atomic E-state index is 0.103. The molecule has 0 aromatic heterocycles. The lowest BCUT2D eigenvalue weighted by Gasteiger charge is -2.28. The number of anilines is 3. The van der Waals surface area contributed by atoms with Gasteiger partial charge in [-0.2, -0.15) is 0 Å². The number of hydrogen-bond donors (Lipinski definition) is 2. The van der Waals surface area contributed by atoms with E-state index in [4.69, 9.17) is 16.3 Å². The number of nitrogens with zero attached hydrogens (tertiary/aromatic N) is 1. The molecule has 1 saturated heterocycles. The highest BCUT2D eigenvalue weighted by atomic mass is 35.5. The molecule has 2 aromatic carbocycles. The van der Waals surface area contributed by atoms with Crippen molar-refractivity contribution in [2.75, 3.05) is 48.4 Å². The van der Waals surface area contributed by atoms with Crippen LogP contribution in [0.2, 0.25) is 5.02 Å². The number of amides is 1. The van der Waals surface area contributed by atoms with Gasteiger partial charge in [-0.1, -0.05) is 17.7 Å². The Morgan fingerprint density at radius 3 is 2.54 bits per heavy atom. The van der Waals surface area contributed by atoms with E-state index in [-0.39, 0.29) is 12.5 Å². The summed E-state index contributed by atoms with van der Waals surface area (Å²) in [5, 5.41) is 6.57. The Labute approximate surface area is 146 Å². The normalized spacial score (nSPS) is 14.3. The molecule has 0 radical (unpaired) electrons. The highest BCUT2D eigenvalue weighted by Crippen LogP contribution is 2.19. The molecule has 1 fully saturated rings. The summed E-state index contributed by atoms with van der Waals surface area (Å²) in [6.45, 7) is 3.50. The molecule has 0 unspecified atom stereocenters. The van der Waals surface area contributed by atoms with Crippen LogP contribution in [0.5, 0.6) is 0 Å². The highest BCUT2D eigenvalue weighted by Gasteiger charge is 2.11. The van der Waals surface area contributed by atoms with Crippen molar-refractivity contribution in [3.8, 4) is 0 Å². The number of carbonyl (C=O) groups excluding carboxylic acids is 1. The smallest absolute Gasteiger partial charge is 0.243 e. The van der Waals surface area contributed by atoms with E-state index < -0.39 is 0 Å². The Hall–Kier alpha value is -2.24. The molecule has 126 valence electrons. The van der Waals surface area contributed by atoms with Gasteiger partial charge in [0, 0.05) is 35.2 Å². The van der Waals surface area contributed by atoms with E-state index in [9.17, 15) is 4.79 Å². The molecule has 0 spiro atoms. The van der Waals surface area contributed by atoms with Crippen LogP contribution < -0.4 is 15.5 Å². The van der Waals surface area contributed by atoms with Gasteiger partial charge in [-0.3, -0.25) is 4.79 Å². The molecule has 0 atom stereocenters. The van der Waals surface area contributed by atoms with Crippen molar-refractivity contribution in [2.24, 2.45) is 0 Å². The topological polar surface area (TPSA) is 53.6 Å². The molecule has 2 N–H and O–H groups in total. The van der Waals surface area contributed by atoms with Crippen LogP contribution in [0.1, 0.15) is 0 Å². The van der Waals surface area contributed by atoms with Gasteiger partial charge in [0.05, 0.1) is 19.8 Å². The van der Waals surface area contributed by atoms with Gasteiger partial charge in [-0.25, -0.2) is 0 Å². The number of morpholine rings is 1. The first kappa shape index (κ1) is 16.6. The summed E-state index contributed by atoms with van der Waals surface area (Å²) in [7, 11) is 0. The van der Waals surface area contributed by atoms with Crippen LogP contribution in [0.4, 0.5) is 17.1 Å². The van der Waals surface area contributed by atoms with Crippen LogP contribution in [-0.4, -0.2) is 38.8 Å². The van der Waals surface area contributed by atoms with Crippen LogP contribution in [0.3, 0.4) is 0 Å². The summed E-state index contributed by atoms with van der Waals surface area (Å²) in [5.41, 5.74) is 2.75. The van der Waals surface area contributed by atoms with Crippen molar-refractivity contribution in [3.63, 3.8) is 0 Å². The van der Waals surface area contributed by atoms with Crippen molar-refractivity contribution in [1.82, 2.24) is 0 Å². The fourth-order valence-corrected chi connectivity index (χ4v) is 2.75. The lowest BCUT2D eigenvalue weighted by Crippen LogP contribution is -2.36. The predicted octanol–water partition coefficient (Wildman–Crippen LogP) is 3.23. The maximum atomic E-state index is 12.0. The monoisotopic (exact) mass is 345 g/mol. The van der Waals surface area contributed by atoms with Crippen molar-refractivity contribution in [1.29, 1.82) is 0 Å². The summed E-state index contributed by atoms with van der Waals surface area (Å²) in [6, 6.07) is 15.2. The Kier molecular flexibility index (Phi) is 5.56. The molecule has 1 aliphatic heterocycles. The minimum Gasteiger partial charge on any atom is -0.378 e. The molecular formula is C18H20ClN3O2. The van der Waals surface area contributed by atoms with E-state index >= 15 is 0 Å². The SMILES string of the molecule is O=C(CNc1cccc(Cl)c1)Nc1ccc(N2CCOCC2)cc1. The largest absolute Gasteiger partial charge is 0.378 e. The van der Waals surface area contributed by atoms with Crippen LogP contribution in [0.15, 0.2) is 48.5 Å². The molecule has 5 nitrogen and oxygen atoms in total. The highest BCUT2D eigenvalue weighted by molar-refractivity contribution is 6.30. The zero-order valence-electron chi connectivity index (χ0n) is 13.3. The van der Waals surface area contributed by atoms with E-state index in [0.29, 0.717) is 5.02 Å². The second-order valence-corrected chi connectivity index (χ2v) is 5.99. The zero-order chi connectivity index (χ0) is 16.8. The summed E-state index contributed by atoms with van der Waals surface area (Å²) < 4.78 is 5.35. The molecule has 0 bridgehead atoms. The van der Waals surface area contributed by atoms with Crippen LogP contribution >= 0.6 is 11.6 Å². The molecule has 3 rings (SSSR count). The Balaban J connectivity index is 1.50. The molecule has 1 aliphatic rings. The Bertz CT molecular complexity index is 685. The first-order valence-electron chi connectivity index (χ1n) is 7.93. The van der Waals surface area contributed by atoms with Gasteiger partial charge in [-0.15, -0.1) is 0 Å². The van der Waals surface area contributed by atoms with E-state index in [1.807, 2.05) is 36.4 Å². The van der Waals surface area contributed by atoms with Gasteiger partial charge < -0.3 is 20.3 Å². The fourth-order valence-electron chi connectivity index (χ4n) is 2.56. The summed E-state index contributed by atoms with van der Waals surface area (Å²) >= 11 is 5.92. The summed E-state index contributed by atoms with van der Waals surface area (Å²) in [4.78, 5) is 14.3. The summed E-state index contributed by atoms with van der Waals surface area (Å²) in [6.07, 6.45) is 0. The molecule has 0 aliphatic carbocycles. The molecule has 1 amide bonds. The van der Waals surface area contributed by atoms with E-state index in [2.05, 4.69) is 15.5 Å². The second kappa shape index (κ2) is 8.04. The second-order valence-electron chi connectivity index (χ2n) is 5.56. The van der Waals surface area contributed by atoms with Gasteiger partial charge >= 0.3 is 0 Å². The molecule has 24 heavy (non-hydrogen) atoms. The van der Waals surface area contributed by atoms with Gasteiger partial charge in [0.15, 0.2) is 0 Å². The fraction of sp³-hybridized carbons (Fsp3) is 0.278. The van der Waals surface area contributed by atoms with Crippen molar-refractivity contribution in [3.05, 3.63) is 53.6 Å². The lowest BCUT2D eigenvalue weighted by molar-refractivity contribution is -0.114. The molecule has 2 aromatic rings. The average Bonchev–Trinajstić information content (AvgIpc) is 2.61. The number of carbonyl (C=O) groups is 1. The quantitative estimate of drug-likeness (QED) is 0.873. The first-order valence-corrected chi connectivity index (χ1v) is 8.30. The Morgan fingerprint density at radius 1 is 1.08 bits per heavy atom. The van der Waals surface area contributed by atoms with Crippen molar-refractivity contribution in [2.45, 2.75) is 0 Å². The maximum absolute atomic E-state index is 12.0. The third-order valence-corrected chi connectivity index (χ3v) is 4.04. The number of nitrogens with one attached hydrogen (secondary N) is 2. The number of ether oxygens (including phenoxy) is 1. The number of hydrogen-bond acceptors (Lipinski definition) is 4.